The van der Waals surface area contributed by atoms with Crippen molar-refractivity contribution in [3.63, 3.8) is 0 Å². The Bertz CT molecular complexity index is 1420. The van der Waals surface area contributed by atoms with Gasteiger partial charge in [0.1, 0.15) is 5.76 Å². The number of hydrogen-bond donors (Lipinski definition) is 1. The molecular weight excluding hydrogens is 444 g/mol. The summed E-state index contributed by atoms with van der Waals surface area (Å²) in [6, 6.07) is 15.7. The molecule has 168 valence electrons. The second-order valence-corrected chi connectivity index (χ2v) is 8.11. The summed E-state index contributed by atoms with van der Waals surface area (Å²) < 4.78 is 7.28. The molecule has 9 heteroatoms. The summed E-state index contributed by atoms with van der Waals surface area (Å²) in [5, 5.41) is 7.24. The minimum Gasteiger partial charge on any atom is -0.467 e. The average molecular weight is 465 g/mol. The van der Waals surface area contributed by atoms with Crippen LogP contribution in [0, 0.1) is 13.8 Å². The van der Waals surface area contributed by atoms with Gasteiger partial charge >= 0.3 is 5.69 Å². The van der Waals surface area contributed by atoms with Gasteiger partial charge in [-0.2, -0.15) is 9.78 Å². The molecule has 2 heterocycles. The first-order valence-corrected chi connectivity index (χ1v) is 10.6. The minimum atomic E-state index is -0.794. The second-order valence-electron chi connectivity index (χ2n) is 7.67. The molecule has 0 bridgehead atoms. The molecule has 33 heavy (non-hydrogen) atoms. The fourth-order valence-electron chi connectivity index (χ4n) is 3.52. The van der Waals surface area contributed by atoms with Gasteiger partial charge in [-0.3, -0.25) is 14.2 Å². The molecule has 0 spiro atoms. The maximum atomic E-state index is 13.3. The molecule has 0 unspecified atom stereocenters. The van der Waals surface area contributed by atoms with Gasteiger partial charge in [-0.05, 0) is 66.9 Å². The maximum Gasteiger partial charge on any atom is 0.352 e. The van der Waals surface area contributed by atoms with Gasteiger partial charge in [0.25, 0.3) is 11.5 Å². The number of carbonyl (C=O) groups is 1. The van der Waals surface area contributed by atoms with E-state index in [4.69, 9.17) is 16.0 Å². The van der Waals surface area contributed by atoms with E-state index in [0.717, 1.165) is 20.4 Å². The number of hydrogen-bond acceptors (Lipinski definition) is 5. The lowest BCUT2D eigenvalue weighted by Crippen LogP contribution is -2.46. The molecule has 0 aliphatic heterocycles. The Kier molecular flexibility index (Phi) is 6.28. The first kappa shape index (κ1) is 22.3. The molecule has 1 amide bonds. The van der Waals surface area contributed by atoms with Crippen molar-refractivity contribution >= 4 is 17.5 Å². The van der Waals surface area contributed by atoms with Crippen molar-refractivity contribution in [3.05, 3.63) is 115 Å². The highest BCUT2D eigenvalue weighted by Crippen LogP contribution is 2.13. The van der Waals surface area contributed by atoms with Crippen molar-refractivity contribution < 1.29 is 9.21 Å². The molecule has 0 atom stereocenters. The number of benzene rings is 2. The van der Waals surface area contributed by atoms with E-state index in [1.807, 2.05) is 19.9 Å². The molecule has 8 nitrogen and oxygen atoms in total. The van der Waals surface area contributed by atoms with Gasteiger partial charge in [0.2, 0.25) is 5.69 Å². The van der Waals surface area contributed by atoms with Crippen LogP contribution in [0.15, 0.2) is 74.9 Å². The number of nitrogens with zero attached hydrogens (tertiary/aromatic N) is 3. The van der Waals surface area contributed by atoms with Crippen LogP contribution in [0.3, 0.4) is 0 Å². The highest BCUT2D eigenvalue weighted by molar-refractivity contribution is 6.30. The lowest BCUT2D eigenvalue weighted by atomic mass is 10.1. The van der Waals surface area contributed by atoms with Crippen molar-refractivity contribution in [3.8, 4) is 5.69 Å². The number of aromatic nitrogens is 3. The first-order valence-electron chi connectivity index (χ1n) is 10.2. The summed E-state index contributed by atoms with van der Waals surface area (Å²) in [7, 11) is 0. The maximum absolute atomic E-state index is 13.3. The summed E-state index contributed by atoms with van der Waals surface area (Å²) in [6.45, 7) is 3.79. The number of halogens is 1. The van der Waals surface area contributed by atoms with Gasteiger partial charge in [-0.1, -0.05) is 29.8 Å². The van der Waals surface area contributed by atoms with E-state index in [9.17, 15) is 14.4 Å². The third-order valence-electron chi connectivity index (χ3n) is 4.96. The van der Waals surface area contributed by atoms with Crippen molar-refractivity contribution in [2.45, 2.75) is 26.9 Å². The normalized spacial score (nSPS) is 10.9. The quantitative estimate of drug-likeness (QED) is 0.472. The van der Waals surface area contributed by atoms with Crippen LogP contribution in [-0.4, -0.2) is 20.3 Å². The monoisotopic (exact) mass is 464 g/mol. The fraction of sp³-hybridized carbons (Fsp3) is 0.167. The average Bonchev–Trinajstić information content (AvgIpc) is 3.28. The van der Waals surface area contributed by atoms with E-state index < -0.39 is 22.9 Å². The molecule has 0 radical (unpaired) electrons. The van der Waals surface area contributed by atoms with Crippen molar-refractivity contribution in [1.82, 2.24) is 19.7 Å². The molecule has 1 N–H and O–H groups in total. The third-order valence-corrected chi connectivity index (χ3v) is 5.19. The van der Waals surface area contributed by atoms with Crippen molar-refractivity contribution in [1.29, 1.82) is 0 Å². The smallest absolute Gasteiger partial charge is 0.352 e. The summed E-state index contributed by atoms with van der Waals surface area (Å²) >= 11 is 6.07. The van der Waals surface area contributed by atoms with Gasteiger partial charge in [0.05, 0.1) is 25.0 Å². The van der Waals surface area contributed by atoms with Crippen LogP contribution in [0.5, 0.6) is 0 Å². The predicted molar refractivity (Wildman–Crippen MR) is 124 cm³/mol. The van der Waals surface area contributed by atoms with Gasteiger partial charge < -0.3 is 9.73 Å². The lowest BCUT2D eigenvalue weighted by Gasteiger charge is -2.13. The molecule has 0 aliphatic carbocycles. The van der Waals surface area contributed by atoms with Crippen LogP contribution in [-0.2, 0) is 13.1 Å². The van der Waals surface area contributed by atoms with Gasteiger partial charge in [-0.25, -0.2) is 4.79 Å². The Balaban J connectivity index is 1.83. The lowest BCUT2D eigenvalue weighted by molar-refractivity contribution is 0.0938. The molecule has 2 aromatic carbocycles. The molecule has 0 fully saturated rings. The third kappa shape index (κ3) is 4.96. The molecular formula is C24H21ClN4O4. The number of furan rings is 1. The number of amides is 1. The zero-order valence-corrected chi connectivity index (χ0v) is 18.8. The van der Waals surface area contributed by atoms with E-state index in [2.05, 4.69) is 10.4 Å². The van der Waals surface area contributed by atoms with E-state index in [0.29, 0.717) is 22.0 Å². The van der Waals surface area contributed by atoms with Gasteiger partial charge in [0.15, 0.2) is 0 Å². The summed E-state index contributed by atoms with van der Waals surface area (Å²) in [6.07, 6.45) is 1.48. The summed E-state index contributed by atoms with van der Waals surface area (Å²) in [4.78, 5) is 39.4. The molecule has 4 aromatic rings. The number of rotatable bonds is 6. The fourth-order valence-corrected chi connectivity index (χ4v) is 3.73. The number of nitrogens with one attached hydrogen (secondary N) is 1. The first-order chi connectivity index (χ1) is 15.8. The van der Waals surface area contributed by atoms with E-state index in [1.54, 1.807) is 48.5 Å². The molecule has 0 aliphatic rings. The molecule has 4 rings (SSSR count). The minimum absolute atomic E-state index is 0.0655. The molecule has 2 aromatic heterocycles. The zero-order chi connectivity index (χ0) is 23.5. The SMILES string of the molecule is Cc1cc(C)cc(-n2nc(C(=O)NCc3ccco3)c(=O)n(Cc3cccc(Cl)c3)c2=O)c1. The molecule has 0 saturated carbocycles. The van der Waals surface area contributed by atoms with Crippen molar-refractivity contribution in [2.75, 3.05) is 0 Å². The Morgan fingerprint density at radius 3 is 2.48 bits per heavy atom. The number of aryl methyl sites for hydroxylation is 2. The van der Waals surface area contributed by atoms with Crippen molar-refractivity contribution in [2.24, 2.45) is 0 Å². The highest BCUT2D eigenvalue weighted by atomic mass is 35.5. The largest absolute Gasteiger partial charge is 0.467 e. The molecule has 0 saturated heterocycles. The second kappa shape index (κ2) is 9.30. The Labute approximate surface area is 194 Å². The Morgan fingerprint density at radius 2 is 1.82 bits per heavy atom. The Morgan fingerprint density at radius 1 is 1.06 bits per heavy atom. The number of carbonyl (C=O) groups excluding carboxylic acids is 1. The van der Waals surface area contributed by atoms with Crippen LogP contribution >= 0.6 is 11.6 Å². The van der Waals surface area contributed by atoms with E-state index >= 15 is 0 Å². The van der Waals surface area contributed by atoms with E-state index in [1.165, 1.54) is 6.26 Å². The van der Waals surface area contributed by atoms with Crippen LogP contribution in [0.25, 0.3) is 5.69 Å². The van der Waals surface area contributed by atoms with Crippen LogP contribution in [0.4, 0.5) is 0 Å². The Hall–Kier alpha value is -3.91. The summed E-state index contributed by atoms with van der Waals surface area (Å²) in [5.74, 6) is -0.195. The van der Waals surface area contributed by atoms with Crippen LogP contribution in [0.2, 0.25) is 5.02 Å². The van der Waals surface area contributed by atoms with Crippen LogP contribution in [0.1, 0.15) is 32.9 Å². The summed E-state index contributed by atoms with van der Waals surface area (Å²) in [5.41, 5.74) is 1.07. The van der Waals surface area contributed by atoms with E-state index in [-0.39, 0.29) is 13.1 Å². The van der Waals surface area contributed by atoms with Gasteiger partial charge in [-0.15, -0.1) is 0 Å². The van der Waals surface area contributed by atoms with Crippen LogP contribution < -0.4 is 16.6 Å². The predicted octanol–water partition coefficient (Wildman–Crippen LogP) is 3.24. The topological polar surface area (TPSA) is 99.1 Å². The van der Waals surface area contributed by atoms with Gasteiger partial charge in [0, 0.05) is 5.02 Å². The highest BCUT2D eigenvalue weighted by Gasteiger charge is 2.21. The zero-order valence-electron chi connectivity index (χ0n) is 18.0. The standard InChI is InChI=1S/C24H21ClN4O4/c1-15-9-16(2)11-19(10-15)29-24(32)28(14-17-5-3-6-18(25)12-17)23(31)21(27-29)22(30)26-13-20-7-4-8-33-20/h3-12H,13-14H2,1-2H3,(H,26,30).